The number of hydrogen-bond acceptors (Lipinski definition) is 7. The first-order chi connectivity index (χ1) is 17.5. The summed E-state index contributed by atoms with van der Waals surface area (Å²) in [5.74, 6) is 0.134. The molecular formula is C26H26FN5O2S2. The highest BCUT2D eigenvalue weighted by Gasteiger charge is 2.32. The van der Waals surface area contributed by atoms with Crippen molar-refractivity contribution >= 4 is 57.4 Å². The Hall–Kier alpha value is -3.24. The quantitative estimate of drug-likeness (QED) is 0.355. The highest BCUT2D eigenvalue weighted by atomic mass is 32.2. The molecule has 186 valence electrons. The zero-order valence-electron chi connectivity index (χ0n) is 19.9. The van der Waals surface area contributed by atoms with Crippen molar-refractivity contribution in [3.63, 3.8) is 0 Å². The Labute approximate surface area is 218 Å². The second-order valence-corrected chi connectivity index (χ2v) is 10.4. The highest BCUT2D eigenvalue weighted by molar-refractivity contribution is 8.26. The zero-order valence-corrected chi connectivity index (χ0v) is 21.5. The lowest BCUT2D eigenvalue weighted by Crippen LogP contribution is -2.47. The van der Waals surface area contributed by atoms with E-state index in [-0.39, 0.29) is 17.3 Å². The summed E-state index contributed by atoms with van der Waals surface area (Å²) in [4.78, 5) is 37.8. The van der Waals surface area contributed by atoms with Gasteiger partial charge in [-0.2, -0.15) is 0 Å². The van der Waals surface area contributed by atoms with Gasteiger partial charge in [0.25, 0.3) is 11.5 Å². The number of unbranched alkanes of at least 4 members (excludes halogenated alkanes) is 1. The summed E-state index contributed by atoms with van der Waals surface area (Å²) in [7, 11) is 0. The number of rotatable bonds is 6. The summed E-state index contributed by atoms with van der Waals surface area (Å²) in [6.45, 7) is 5.29. The third kappa shape index (κ3) is 4.75. The number of fused-ring (bicyclic) bond motifs is 1. The number of pyridine rings is 1. The molecule has 2 aromatic heterocycles. The van der Waals surface area contributed by atoms with Gasteiger partial charge in [-0.25, -0.2) is 9.37 Å². The molecule has 0 atom stereocenters. The maximum atomic E-state index is 13.6. The number of hydrogen-bond donors (Lipinski definition) is 0. The molecule has 2 saturated heterocycles. The summed E-state index contributed by atoms with van der Waals surface area (Å²) in [5.41, 5.74) is 1.66. The Morgan fingerprint density at radius 2 is 1.78 bits per heavy atom. The molecular weight excluding hydrogens is 497 g/mol. The second kappa shape index (κ2) is 10.4. The van der Waals surface area contributed by atoms with Gasteiger partial charge in [-0.15, -0.1) is 0 Å². The van der Waals surface area contributed by atoms with Gasteiger partial charge >= 0.3 is 0 Å². The maximum absolute atomic E-state index is 13.6. The largest absolute Gasteiger partial charge is 0.368 e. The number of anilines is 2. The summed E-state index contributed by atoms with van der Waals surface area (Å²) in [6.07, 6.45) is 5.16. The summed E-state index contributed by atoms with van der Waals surface area (Å²) >= 11 is 6.68. The van der Waals surface area contributed by atoms with Crippen LogP contribution in [-0.4, -0.2) is 57.2 Å². The molecule has 0 N–H and O–H groups in total. The van der Waals surface area contributed by atoms with Gasteiger partial charge in [0.05, 0.1) is 10.5 Å². The zero-order chi connectivity index (χ0) is 25.2. The van der Waals surface area contributed by atoms with Crippen LogP contribution in [0.4, 0.5) is 15.9 Å². The lowest BCUT2D eigenvalue weighted by atomic mass is 10.2. The molecule has 0 bridgehead atoms. The van der Waals surface area contributed by atoms with Crippen molar-refractivity contribution in [2.45, 2.75) is 19.8 Å². The Morgan fingerprint density at radius 1 is 1.06 bits per heavy atom. The maximum Gasteiger partial charge on any atom is 0.267 e. The van der Waals surface area contributed by atoms with Gasteiger partial charge in [0.15, 0.2) is 0 Å². The minimum absolute atomic E-state index is 0.164. The molecule has 0 unspecified atom stereocenters. The smallest absolute Gasteiger partial charge is 0.267 e. The number of carbonyl (C=O) groups excluding carboxylic acids is 1. The van der Waals surface area contributed by atoms with Crippen LogP contribution >= 0.6 is 24.0 Å². The van der Waals surface area contributed by atoms with E-state index in [2.05, 4.69) is 16.7 Å². The topological polar surface area (TPSA) is 61.2 Å². The van der Waals surface area contributed by atoms with E-state index in [0.29, 0.717) is 59.0 Å². The average Bonchev–Trinajstić information content (AvgIpc) is 3.16. The van der Waals surface area contributed by atoms with E-state index in [1.54, 1.807) is 41.4 Å². The van der Waals surface area contributed by atoms with Crippen molar-refractivity contribution in [3.05, 3.63) is 75.3 Å². The van der Waals surface area contributed by atoms with Gasteiger partial charge in [-0.1, -0.05) is 43.4 Å². The second-order valence-electron chi connectivity index (χ2n) is 8.72. The minimum atomic E-state index is -0.261. The van der Waals surface area contributed by atoms with Gasteiger partial charge in [0, 0.05) is 44.6 Å². The fraction of sp³-hybridized carbons (Fsp3) is 0.308. The van der Waals surface area contributed by atoms with Gasteiger partial charge in [0.1, 0.15) is 21.6 Å². The standard InChI is InChI=1S/C26H26FN5O2S2/c1-2-3-11-32-25(34)21(36-26(32)35)17-20-23(28-22-6-4-5-12-31(22)24(20)33)30-15-13-29(14-16-30)19-9-7-18(27)8-10-19/h4-10,12,17H,2-3,11,13-16H2,1H3/b21-17+. The van der Waals surface area contributed by atoms with E-state index >= 15 is 0 Å². The van der Waals surface area contributed by atoms with Crippen molar-refractivity contribution < 1.29 is 9.18 Å². The third-order valence-electron chi connectivity index (χ3n) is 6.40. The molecule has 0 radical (unpaired) electrons. The Balaban J connectivity index is 1.49. The van der Waals surface area contributed by atoms with Gasteiger partial charge < -0.3 is 9.80 Å². The van der Waals surface area contributed by atoms with E-state index in [9.17, 15) is 14.0 Å². The van der Waals surface area contributed by atoms with Crippen molar-refractivity contribution in [1.82, 2.24) is 14.3 Å². The van der Waals surface area contributed by atoms with Crippen LogP contribution in [0.1, 0.15) is 25.3 Å². The van der Waals surface area contributed by atoms with Crippen LogP contribution < -0.4 is 15.4 Å². The molecule has 10 heteroatoms. The fourth-order valence-electron chi connectivity index (χ4n) is 4.43. The van der Waals surface area contributed by atoms with Crippen LogP contribution in [0.5, 0.6) is 0 Å². The summed E-state index contributed by atoms with van der Waals surface area (Å²) in [6, 6.07) is 11.9. The van der Waals surface area contributed by atoms with Crippen molar-refractivity contribution in [2.24, 2.45) is 0 Å². The van der Waals surface area contributed by atoms with E-state index in [1.807, 2.05) is 6.07 Å². The van der Waals surface area contributed by atoms with Gasteiger partial charge in [0.2, 0.25) is 0 Å². The van der Waals surface area contributed by atoms with Crippen LogP contribution in [0, 0.1) is 5.82 Å². The third-order valence-corrected chi connectivity index (χ3v) is 7.78. The van der Waals surface area contributed by atoms with Gasteiger partial charge in [-0.3, -0.25) is 18.9 Å². The number of benzene rings is 1. The molecule has 2 fully saturated rings. The number of piperazine rings is 1. The number of aromatic nitrogens is 2. The van der Waals surface area contributed by atoms with E-state index in [1.165, 1.54) is 28.3 Å². The van der Waals surface area contributed by atoms with Crippen LogP contribution in [0.3, 0.4) is 0 Å². The van der Waals surface area contributed by atoms with Crippen LogP contribution in [0.15, 0.2) is 58.4 Å². The minimum Gasteiger partial charge on any atom is -0.368 e. The van der Waals surface area contributed by atoms with E-state index in [4.69, 9.17) is 17.2 Å². The average molecular weight is 524 g/mol. The van der Waals surface area contributed by atoms with Crippen LogP contribution in [0.25, 0.3) is 11.7 Å². The van der Waals surface area contributed by atoms with Crippen LogP contribution in [-0.2, 0) is 4.79 Å². The molecule has 3 aromatic rings. The first-order valence-corrected chi connectivity index (χ1v) is 13.2. The molecule has 0 saturated carbocycles. The number of thiocarbonyl (C=S) groups is 1. The molecule has 2 aliphatic rings. The first-order valence-electron chi connectivity index (χ1n) is 12.0. The van der Waals surface area contributed by atoms with Crippen molar-refractivity contribution in [3.8, 4) is 0 Å². The first kappa shape index (κ1) is 24.5. The Bertz CT molecular complexity index is 1400. The molecule has 0 spiro atoms. The molecule has 7 nitrogen and oxygen atoms in total. The van der Waals surface area contributed by atoms with E-state index < -0.39 is 0 Å². The van der Waals surface area contributed by atoms with Crippen molar-refractivity contribution in [1.29, 1.82) is 0 Å². The number of carbonyl (C=O) groups is 1. The molecule has 1 aromatic carbocycles. The molecule has 4 heterocycles. The molecule has 0 aliphatic carbocycles. The van der Waals surface area contributed by atoms with Crippen LogP contribution in [0.2, 0.25) is 0 Å². The lowest BCUT2D eigenvalue weighted by molar-refractivity contribution is -0.122. The summed E-state index contributed by atoms with van der Waals surface area (Å²) in [5, 5.41) is 0. The van der Waals surface area contributed by atoms with Gasteiger partial charge in [-0.05, 0) is 48.9 Å². The highest BCUT2D eigenvalue weighted by Crippen LogP contribution is 2.34. The summed E-state index contributed by atoms with van der Waals surface area (Å²) < 4.78 is 15.4. The number of thioether (sulfide) groups is 1. The number of nitrogens with zero attached hydrogens (tertiary/aromatic N) is 5. The number of amides is 1. The van der Waals surface area contributed by atoms with E-state index in [0.717, 1.165) is 18.5 Å². The molecule has 1 amide bonds. The SMILES string of the molecule is CCCCN1C(=O)/C(=C\c2c(N3CCN(c4ccc(F)cc4)CC3)nc3ccccn3c2=O)SC1=S. The molecule has 5 rings (SSSR count). The Kier molecular flexibility index (Phi) is 7.06. The normalized spacial score (nSPS) is 17.6. The number of halogens is 1. The molecule has 2 aliphatic heterocycles. The van der Waals surface area contributed by atoms with Crippen molar-refractivity contribution in [2.75, 3.05) is 42.5 Å². The molecule has 36 heavy (non-hydrogen) atoms. The predicted octanol–water partition coefficient (Wildman–Crippen LogP) is 4.16. The lowest BCUT2D eigenvalue weighted by Gasteiger charge is -2.37. The predicted molar refractivity (Wildman–Crippen MR) is 147 cm³/mol. The Morgan fingerprint density at radius 3 is 2.50 bits per heavy atom. The monoisotopic (exact) mass is 523 g/mol. The fourth-order valence-corrected chi connectivity index (χ4v) is 5.72.